The molecule has 1 heterocycles. The highest BCUT2D eigenvalue weighted by Gasteiger charge is 2.42. The quantitative estimate of drug-likeness (QED) is 0.752. The number of nitrogens with zero attached hydrogens (tertiary/aromatic N) is 1. The zero-order valence-corrected chi connectivity index (χ0v) is 10.3. The van der Waals surface area contributed by atoms with Crippen LogP contribution in [0, 0.1) is 0 Å². The van der Waals surface area contributed by atoms with Crippen molar-refractivity contribution in [3.63, 3.8) is 0 Å². The first kappa shape index (κ1) is 13.8. The Morgan fingerprint density at radius 2 is 1.94 bits per heavy atom. The van der Waals surface area contributed by atoms with Gasteiger partial charge in [0.2, 0.25) is 0 Å². The predicted molar refractivity (Wildman–Crippen MR) is 59.6 cm³/mol. The summed E-state index contributed by atoms with van der Waals surface area (Å²) >= 11 is 0. The van der Waals surface area contributed by atoms with E-state index in [1.165, 1.54) is 0 Å². The molecule has 1 fully saturated rings. The summed E-state index contributed by atoms with van der Waals surface area (Å²) < 4.78 is 5.15. The van der Waals surface area contributed by atoms with Gasteiger partial charge in [0.25, 0.3) is 0 Å². The summed E-state index contributed by atoms with van der Waals surface area (Å²) in [5, 5.41) is 18.2. The summed E-state index contributed by atoms with van der Waals surface area (Å²) in [5.74, 6) is -1.06. The number of carboxylic acids is 1. The average molecular weight is 245 g/mol. The number of likely N-dealkylation sites (tertiary alicyclic amines) is 1. The third-order valence-electron chi connectivity index (χ3n) is 2.60. The minimum atomic E-state index is -1.06. The van der Waals surface area contributed by atoms with Crippen molar-refractivity contribution in [3.8, 4) is 0 Å². The summed E-state index contributed by atoms with van der Waals surface area (Å²) in [5.41, 5.74) is -0.678. The highest BCUT2D eigenvalue weighted by Crippen LogP contribution is 2.26. The van der Waals surface area contributed by atoms with Crippen molar-refractivity contribution in [1.29, 1.82) is 0 Å². The largest absolute Gasteiger partial charge is 0.480 e. The Balaban J connectivity index is 2.82. The first-order valence-corrected chi connectivity index (χ1v) is 5.61. The Morgan fingerprint density at radius 3 is 2.35 bits per heavy atom. The minimum Gasteiger partial charge on any atom is -0.480 e. The minimum absolute atomic E-state index is 0.247. The molecular weight excluding hydrogens is 226 g/mol. The van der Waals surface area contributed by atoms with Crippen LogP contribution in [0.4, 0.5) is 4.79 Å². The van der Waals surface area contributed by atoms with E-state index in [1.807, 2.05) is 0 Å². The number of aliphatic carboxylic acids is 1. The van der Waals surface area contributed by atoms with Crippen LogP contribution in [0.15, 0.2) is 0 Å². The maximum Gasteiger partial charge on any atom is 0.411 e. The molecule has 1 saturated heterocycles. The first-order valence-electron chi connectivity index (χ1n) is 5.61. The van der Waals surface area contributed by atoms with Gasteiger partial charge in [0.1, 0.15) is 11.6 Å². The molecule has 0 aromatic rings. The zero-order valence-electron chi connectivity index (χ0n) is 10.3. The van der Waals surface area contributed by atoms with E-state index in [0.29, 0.717) is 12.8 Å². The van der Waals surface area contributed by atoms with E-state index in [0.717, 1.165) is 4.90 Å². The average Bonchev–Trinajstić information content (AvgIpc) is 2.57. The van der Waals surface area contributed by atoms with Gasteiger partial charge in [0, 0.05) is 0 Å². The second-order valence-corrected chi connectivity index (χ2v) is 5.16. The number of amides is 1. The molecule has 6 nitrogen and oxygen atoms in total. The molecule has 1 aliphatic rings. The maximum atomic E-state index is 11.9. The standard InChI is InChI=1S/C11H19NO5/c1-11(2,3)17-10(16)12-7(6-13)4-5-8(12)9(14)15/h7-8,13H,4-6H2,1-3H3,(H,14,15)/t7-,8+/m0/s1. The zero-order chi connectivity index (χ0) is 13.2. The smallest absolute Gasteiger partial charge is 0.411 e. The van der Waals surface area contributed by atoms with Crippen LogP contribution in [0.1, 0.15) is 33.6 Å². The van der Waals surface area contributed by atoms with Gasteiger partial charge in [0.05, 0.1) is 12.6 Å². The van der Waals surface area contributed by atoms with E-state index in [9.17, 15) is 9.59 Å². The van der Waals surface area contributed by atoms with E-state index < -0.39 is 29.7 Å². The lowest BCUT2D eigenvalue weighted by Crippen LogP contribution is -2.48. The van der Waals surface area contributed by atoms with Crippen molar-refractivity contribution < 1.29 is 24.5 Å². The molecule has 0 saturated carbocycles. The number of ether oxygens (including phenoxy) is 1. The van der Waals surface area contributed by atoms with Gasteiger partial charge in [0.15, 0.2) is 0 Å². The van der Waals surface area contributed by atoms with Crippen molar-refractivity contribution in [2.75, 3.05) is 6.61 Å². The van der Waals surface area contributed by atoms with E-state index in [-0.39, 0.29) is 6.61 Å². The molecule has 0 spiro atoms. The number of aliphatic hydroxyl groups is 1. The number of hydrogen-bond acceptors (Lipinski definition) is 4. The second-order valence-electron chi connectivity index (χ2n) is 5.16. The van der Waals surface area contributed by atoms with E-state index in [4.69, 9.17) is 14.9 Å². The summed E-state index contributed by atoms with van der Waals surface area (Å²) in [7, 11) is 0. The Bertz CT molecular complexity index is 309. The van der Waals surface area contributed by atoms with E-state index in [1.54, 1.807) is 20.8 Å². The number of carbonyl (C=O) groups excluding carboxylic acids is 1. The van der Waals surface area contributed by atoms with Crippen molar-refractivity contribution in [1.82, 2.24) is 4.90 Å². The molecule has 0 aromatic heterocycles. The fourth-order valence-electron chi connectivity index (χ4n) is 1.90. The van der Waals surface area contributed by atoms with E-state index in [2.05, 4.69) is 0 Å². The van der Waals surface area contributed by atoms with Gasteiger partial charge in [-0.15, -0.1) is 0 Å². The maximum absolute atomic E-state index is 11.9. The fraction of sp³-hybridized carbons (Fsp3) is 0.818. The summed E-state index contributed by atoms with van der Waals surface area (Å²) in [4.78, 5) is 24.0. The van der Waals surface area contributed by atoms with Gasteiger partial charge in [-0.2, -0.15) is 0 Å². The molecule has 1 rings (SSSR count). The number of aliphatic hydroxyl groups excluding tert-OH is 1. The molecule has 0 bridgehead atoms. The fourth-order valence-corrected chi connectivity index (χ4v) is 1.90. The lowest BCUT2D eigenvalue weighted by atomic mass is 10.2. The molecule has 0 unspecified atom stereocenters. The lowest BCUT2D eigenvalue weighted by Gasteiger charge is -2.30. The molecule has 6 heteroatoms. The highest BCUT2D eigenvalue weighted by atomic mass is 16.6. The molecule has 2 atom stereocenters. The molecule has 1 aliphatic heterocycles. The van der Waals surface area contributed by atoms with Crippen LogP contribution >= 0.6 is 0 Å². The van der Waals surface area contributed by atoms with Crippen LogP contribution in [0.25, 0.3) is 0 Å². The molecule has 2 N–H and O–H groups in total. The van der Waals surface area contributed by atoms with Gasteiger partial charge in [-0.3, -0.25) is 4.90 Å². The van der Waals surface area contributed by atoms with Gasteiger partial charge in [-0.1, -0.05) is 0 Å². The first-order chi connectivity index (χ1) is 7.76. The van der Waals surface area contributed by atoms with Crippen molar-refractivity contribution >= 4 is 12.1 Å². The van der Waals surface area contributed by atoms with Crippen LogP contribution in [0.2, 0.25) is 0 Å². The van der Waals surface area contributed by atoms with Gasteiger partial charge < -0.3 is 14.9 Å². The molecule has 98 valence electrons. The van der Waals surface area contributed by atoms with Gasteiger partial charge in [-0.25, -0.2) is 9.59 Å². The Hall–Kier alpha value is -1.30. The molecule has 0 aromatic carbocycles. The van der Waals surface area contributed by atoms with Crippen LogP contribution in [0.3, 0.4) is 0 Å². The van der Waals surface area contributed by atoms with E-state index >= 15 is 0 Å². The van der Waals surface area contributed by atoms with Crippen LogP contribution in [-0.2, 0) is 9.53 Å². The number of carboxylic acid groups (broad SMARTS) is 1. The number of carbonyl (C=O) groups is 2. The van der Waals surface area contributed by atoms with Crippen molar-refractivity contribution in [2.24, 2.45) is 0 Å². The number of hydrogen-bond donors (Lipinski definition) is 2. The second kappa shape index (κ2) is 4.91. The predicted octanol–water partition coefficient (Wildman–Crippen LogP) is 0.831. The third kappa shape index (κ3) is 3.33. The molecular formula is C11H19NO5. The molecule has 1 amide bonds. The Morgan fingerprint density at radius 1 is 1.35 bits per heavy atom. The van der Waals surface area contributed by atoms with Crippen LogP contribution < -0.4 is 0 Å². The van der Waals surface area contributed by atoms with Gasteiger partial charge in [-0.05, 0) is 33.6 Å². The molecule has 17 heavy (non-hydrogen) atoms. The lowest BCUT2D eigenvalue weighted by molar-refractivity contribution is -0.142. The van der Waals surface area contributed by atoms with Crippen LogP contribution in [0.5, 0.6) is 0 Å². The highest BCUT2D eigenvalue weighted by molar-refractivity contribution is 5.81. The third-order valence-corrected chi connectivity index (χ3v) is 2.60. The summed E-state index contributed by atoms with van der Waals surface area (Å²) in [6.45, 7) is 4.89. The van der Waals surface area contributed by atoms with Crippen molar-refractivity contribution in [3.05, 3.63) is 0 Å². The number of rotatable bonds is 2. The molecule has 0 aliphatic carbocycles. The molecule has 0 radical (unpaired) electrons. The summed E-state index contributed by atoms with van der Waals surface area (Å²) in [6, 6.07) is -1.37. The van der Waals surface area contributed by atoms with Crippen molar-refractivity contribution in [2.45, 2.75) is 51.3 Å². The Kier molecular flexibility index (Phi) is 3.98. The Labute approximate surface area is 100 Å². The monoisotopic (exact) mass is 245 g/mol. The normalized spacial score (nSPS) is 24.8. The topological polar surface area (TPSA) is 87.1 Å². The SMILES string of the molecule is CC(C)(C)OC(=O)N1[C@H](CO)CC[C@@H]1C(=O)O. The van der Waals surface area contributed by atoms with Gasteiger partial charge >= 0.3 is 12.1 Å². The van der Waals surface area contributed by atoms with Crippen LogP contribution in [-0.4, -0.2) is 51.5 Å². The summed E-state index contributed by atoms with van der Waals surface area (Å²) in [6.07, 6.45) is 0.147.